The Labute approximate surface area is 243 Å². The highest BCUT2D eigenvalue weighted by Crippen LogP contribution is 2.40. The molecule has 8 heteroatoms. The molecular formula is C33H43NO7. The molecule has 2 aromatic rings. The van der Waals surface area contributed by atoms with E-state index in [0.717, 1.165) is 11.1 Å². The summed E-state index contributed by atoms with van der Waals surface area (Å²) in [6.45, 7) is 8.46. The standard InChI is InChI=1S/C33H43NO7/c1-21(2)19-38-20-26(24-14-10-7-11-15-24)33(37)39-25-17-27-30(40-29(35)16-23-12-8-6-9-13-23)31(28(18-25)34(27)5)41-32(36)22(3)4/h6-15,21-22,25-28,30-31H,16-20H2,1-5H3. The Hall–Kier alpha value is -3.23. The van der Waals surface area contributed by atoms with Crippen LogP contribution in [0.3, 0.4) is 0 Å². The van der Waals surface area contributed by atoms with Crippen molar-refractivity contribution >= 4 is 17.9 Å². The van der Waals surface area contributed by atoms with Gasteiger partial charge in [-0.15, -0.1) is 0 Å². The summed E-state index contributed by atoms with van der Waals surface area (Å²) in [5, 5.41) is 0. The van der Waals surface area contributed by atoms with Crippen molar-refractivity contribution in [3.63, 3.8) is 0 Å². The first-order chi connectivity index (χ1) is 19.6. The summed E-state index contributed by atoms with van der Waals surface area (Å²) in [5.74, 6) is -1.61. The maximum Gasteiger partial charge on any atom is 0.316 e. The van der Waals surface area contributed by atoms with E-state index >= 15 is 0 Å². The molecule has 0 aliphatic carbocycles. The van der Waals surface area contributed by atoms with Gasteiger partial charge in [0.25, 0.3) is 0 Å². The maximum atomic E-state index is 13.5. The van der Waals surface area contributed by atoms with Gasteiger partial charge in [0.15, 0.2) is 12.2 Å². The van der Waals surface area contributed by atoms with Gasteiger partial charge in [-0.1, -0.05) is 88.4 Å². The normalized spacial score (nSPS) is 24.7. The number of ether oxygens (including phenoxy) is 4. The number of carbonyl (C=O) groups excluding carboxylic acids is 3. The third-order valence-corrected chi connectivity index (χ3v) is 7.82. The molecular weight excluding hydrogens is 522 g/mol. The molecule has 2 aliphatic heterocycles. The fraction of sp³-hybridized carbons (Fsp3) is 0.545. The van der Waals surface area contributed by atoms with Crippen molar-refractivity contribution in [3.8, 4) is 0 Å². The number of carbonyl (C=O) groups is 3. The van der Waals surface area contributed by atoms with Crippen LogP contribution in [-0.2, 0) is 39.8 Å². The lowest BCUT2D eigenvalue weighted by Crippen LogP contribution is -2.47. The molecule has 2 aromatic carbocycles. The van der Waals surface area contributed by atoms with Crippen LogP contribution in [0.25, 0.3) is 0 Å². The molecule has 4 rings (SSSR count). The fourth-order valence-corrected chi connectivity index (χ4v) is 5.65. The second-order valence-electron chi connectivity index (χ2n) is 11.9. The van der Waals surface area contributed by atoms with Gasteiger partial charge >= 0.3 is 17.9 Å². The Balaban J connectivity index is 1.49. The summed E-state index contributed by atoms with van der Waals surface area (Å²) in [7, 11) is 1.95. The minimum atomic E-state index is -0.660. The zero-order valence-electron chi connectivity index (χ0n) is 24.7. The van der Waals surface area contributed by atoms with Crippen molar-refractivity contribution in [2.75, 3.05) is 20.3 Å². The molecule has 0 aromatic heterocycles. The van der Waals surface area contributed by atoms with Gasteiger partial charge in [-0.05, 0) is 24.1 Å². The summed E-state index contributed by atoms with van der Waals surface area (Å²) in [4.78, 5) is 41.3. The third-order valence-electron chi connectivity index (χ3n) is 7.82. The summed E-state index contributed by atoms with van der Waals surface area (Å²) >= 11 is 0. The average Bonchev–Trinajstić information content (AvgIpc) is 3.06. The van der Waals surface area contributed by atoms with E-state index < -0.39 is 24.2 Å². The maximum absolute atomic E-state index is 13.5. The molecule has 41 heavy (non-hydrogen) atoms. The van der Waals surface area contributed by atoms with E-state index in [4.69, 9.17) is 18.9 Å². The minimum absolute atomic E-state index is 0.122. The quantitative estimate of drug-likeness (QED) is 0.273. The number of piperidine rings is 1. The molecule has 0 saturated carbocycles. The Morgan fingerprint density at radius 1 is 0.780 bits per heavy atom. The van der Waals surface area contributed by atoms with Crippen molar-refractivity contribution in [2.45, 2.75) is 83.3 Å². The predicted octanol–water partition coefficient (Wildman–Crippen LogP) is 4.55. The first-order valence-corrected chi connectivity index (χ1v) is 14.6. The molecule has 2 bridgehead atoms. The molecule has 0 spiro atoms. The van der Waals surface area contributed by atoms with Crippen molar-refractivity contribution in [1.82, 2.24) is 4.90 Å². The van der Waals surface area contributed by atoms with E-state index in [2.05, 4.69) is 18.7 Å². The molecule has 2 aliphatic rings. The first kappa shape index (κ1) is 30.7. The molecule has 0 amide bonds. The Bertz CT molecular complexity index is 1150. The predicted molar refractivity (Wildman–Crippen MR) is 154 cm³/mol. The number of hydrogen-bond acceptors (Lipinski definition) is 8. The lowest BCUT2D eigenvalue weighted by Gasteiger charge is -2.36. The van der Waals surface area contributed by atoms with Crippen LogP contribution in [0.4, 0.5) is 0 Å². The van der Waals surface area contributed by atoms with Crippen molar-refractivity contribution in [1.29, 1.82) is 0 Å². The summed E-state index contributed by atoms with van der Waals surface area (Å²) in [6.07, 6.45) is -0.670. The van der Waals surface area contributed by atoms with Crippen molar-refractivity contribution in [3.05, 3.63) is 71.8 Å². The van der Waals surface area contributed by atoms with Crippen LogP contribution in [0.5, 0.6) is 0 Å². The van der Waals surface area contributed by atoms with Crippen LogP contribution in [0, 0.1) is 11.8 Å². The highest BCUT2D eigenvalue weighted by Gasteiger charge is 2.56. The number of fused-ring (bicyclic) bond motifs is 2. The van der Waals surface area contributed by atoms with Gasteiger partial charge < -0.3 is 18.9 Å². The molecule has 0 radical (unpaired) electrons. The van der Waals surface area contributed by atoms with E-state index in [9.17, 15) is 14.4 Å². The van der Waals surface area contributed by atoms with Gasteiger partial charge in [-0.2, -0.15) is 0 Å². The van der Waals surface area contributed by atoms with Gasteiger partial charge in [0.2, 0.25) is 0 Å². The van der Waals surface area contributed by atoms with E-state index in [-0.39, 0.29) is 48.9 Å². The molecule has 8 nitrogen and oxygen atoms in total. The second-order valence-corrected chi connectivity index (χ2v) is 11.9. The molecule has 2 saturated heterocycles. The Morgan fingerprint density at radius 3 is 1.95 bits per heavy atom. The fourth-order valence-electron chi connectivity index (χ4n) is 5.65. The van der Waals surface area contributed by atoms with Gasteiger partial charge in [0.05, 0.1) is 31.0 Å². The van der Waals surface area contributed by atoms with Crippen LogP contribution in [-0.4, -0.2) is 73.5 Å². The van der Waals surface area contributed by atoms with Gasteiger partial charge in [-0.25, -0.2) is 0 Å². The molecule has 2 heterocycles. The van der Waals surface area contributed by atoms with E-state index in [1.165, 1.54) is 0 Å². The average molecular weight is 566 g/mol. The summed E-state index contributed by atoms with van der Waals surface area (Å²) in [6, 6.07) is 18.4. The topological polar surface area (TPSA) is 91.4 Å². The molecule has 0 N–H and O–H groups in total. The number of hydrogen-bond donors (Lipinski definition) is 0. The lowest BCUT2D eigenvalue weighted by molar-refractivity contribution is -0.168. The third kappa shape index (κ3) is 7.95. The summed E-state index contributed by atoms with van der Waals surface area (Å²) < 4.78 is 23.9. The Morgan fingerprint density at radius 2 is 1.37 bits per heavy atom. The highest BCUT2D eigenvalue weighted by molar-refractivity contribution is 5.78. The zero-order chi connectivity index (χ0) is 29.5. The second kappa shape index (κ2) is 14.1. The lowest BCUT2D eigenvalue weighted by atomic mass is 9.98. The van der Waals surface area contributed by atoms with Crippen LogP contribution < -0.4 is 0 Å². The Kier molecular flexibility index (Phi) is 10.6. The smallest absolute Gasteiger partial charge is 0.316 e. The number of esters is 3. The monoisotopic (exact) mass is 565 g/mol. The van der Waals surface area contributed by atoms with E-state index in [1.54, 1.807) is 13.8 Å². The largest absolute Gasteiger partial charge is 0.462 e. The van der Waals surface area contributed by atoms with Crippen LogP contribution >= 0.6 is 0 Å². The molecule has 2 fully saturated rings. The number of rotatable bonds is 12. The van der Waals surface area contributed by atoms with Crippen LogP contribution in [0.15, 0.2) is 60.7 Å². The zero-order valence-corrected chi connectivity index (χ0v) is 24.7. The number of likely N-dealkylation sites (N-methyl/N-ethyl adjacent to an activating group) is 1. The minimum Gasteiger partial charge on any atom is -0.462 e. The molecule has 222 valence electrons. The van der Waals surface area contributed by atoms with E-state index in [1.807, 2.05) is 67.7 Å². The van der Waals surface area contributed by atoms with Crippen molar-refractivity contribution < 1.29 is 33.3 Å². The van der Waals surface area contributed by atoms with Gasteiger partial charge in [0.1, 0.15) is 12.0 Å². The first-order valence-electron chi connectivity index (χ1n) is 14.6. The van der Waals surface area contributed by atoms with Gasteiger partial charge in [0, 0.05) is 19.4 Å². The summed E-state index contributed by atoms with van der Waals surface area (Å²) in [5.41, 5.74) is 1.69. The van der Waals surface area contributed by atoms with Crippen molar-refractivity contribution in [2.24, 2.45) is 11.8 Å². The van der Waals surface area contributed by atoms with Gasteiger partial charge in [-0.3, -0.25) is 19.3 Å². The molecule has 6 unspecified atom stereocenters. The number of nitrogens with zero attached hydrogens (tertiary/aromatic N) is 1. The highest BCUT2D eigenvalue weighted by atomic mass is 16.6. The van der Waals surface area contributed by atoms with E-state index in [0.29, 0.717) is 25.4 Å². The molecule has 6 atom stereocenters. The number of benzene rings is 2. The van der Waals surface area contributed by atoms with Crippen LogP contribution in [0.2, 0.25) is 0 Å². The van der Waals surface area contributed by atoms with Crippen LogP contribution in [0.1, 0.15) is 57.6 Å². The SMILES string of the molecule is CC(C)COCC(C(=O)OC1CC2C(OC(=O)Cc3ccccc3)C(OC(=O)C(C)C)C(C1)N2C)c1ccccc1.